The van der Waals surface area contributed by atoms with Crippen LogP contribution in [0.2, 0.25) is 0 Å². The second kappa shape index (κ2) is 3.68. The van der Waals surface area contributed by atoms with Crippen molar-refractivity contribution in [2.24, 2.45) is 0 Å². The number of hydrogen-bond acceptors (Lipinski definition) is 1. The van der Waals surface area contributed by atoms with Crippen molar-refractivity contribution in [3.05, 3.63) is 41.2 Å². The highest BCUT2D eigenvalue weighted by molar-refractivity contribution is 5.53. The van der Waals surface area contributed by atoms with Crippen molar-refractivity contribution in [3.63, 3.8) is 0 Å². The number of aryl methyl sites for hydroxylation is 1. The Hall–Kier alpha value is -1.62. The summed E-state index contributed by atoms with van der Waals surface area (Å²) in [4.78, 5) is 0. The molecule has 1 aromatic rings. The first-order valence-electron chi connectivity index (χ1n) is 3.57. The Bertz CT molecular complexity index is 347. The Labute approximate surface area is 70.8 Å². The Morgan fingerprint density at radius 2 is 2.25 bits per heavy atom. The molecule has 2 heteroatoms. The van der Waals surface area contributed by atoms with Crippen LogP contribution in [0.1, 0.15) is 11.1 Å². The third-order valence-electron chi connectivity index (χ3n) is 1.56. The van der Waals surface area contributed by atoms with Crippen LogP contribution >= 0.6 is 0 Å². The maximum Gasteiger partial charge on any atom is 0.133 e. The first-order chi connectivity index (χ1) is 5.75. The molecule has 0 bridgehead atoms. The van der Waals surface area contributed by atoms with Crippen LogP contribution in [0.3, 0.4) is 0 Å². The minimum Gasteiger partial charge on any atom is -0.206 e. The van der Waals surface area contributed by atoms with Crippen LogP contribution in [-0.4, -0.2) is 0 Å². The van der Waals surface area contributed by atoms with E-state index in [-0.39, 0.29) is 5.82 Å². The van der Waals surface area contributed by atoms with Gasteiger partial charge in [-0.25, -0.2) is 4.39 Å². The van der Waals surface area contributed by atoms with E-state index in [1.54, 1.807) is 25.1 Å². The molecule has 0 aromatic heterocycles. The summed E-state index contributed by atoms with van der Waals surface area (Å²) in [6.45, 7) is 1.69. The molecular formula is C10H8FN. The van der Waals surface area contributed by atoms with Crippen LogP contribution in [0, 0.1) is 24.1 Å². The zero-order chi connectivity index (χ0) is 8.97. The summed E-state index contributed by atoms with van der Waals surface area (Å²) < 4.78 is 13.2. The van der Waals surface area contributed by atoms with E-state index in [1.807, 2.05) is 6.07 Å². The number of benzene rings is 1. The van der Waals surface area contributed by atoms with Crippen molar-refractivity contribution in [3.8, 4) is 6.07 Å². The average Bonchev–Trinajstić information content (AvgIpc) is 2.08. The zero-order valence-corrected chi connectivity index (χ0v) is 6.71. The number of hydrogen-bond donors (Lipinski definition) is 0. The van der Waals surface area contributed by atoms with Gasteiger partial charge in [0.25, 0.3) is 0 Å². The molecule has 0 aliphatic rings. The van der Waals surface area contributed by atoms with Crippen molar-refractivity contribution >= 4 is 6.08 Å². The van der Waals surface area contributed by atoms with Gasteiger partial charge in [0, 0.05) is 11.6 Å². The van der Waals surface area contributed by atoms with Gasteiger partial charge in [0.1, 0.15) is 5.82 Å². The highest BCUT2D eigenvalue weighted by atomic mass is 19.1. The summed E-state index contributed by atoms with van der Waals surface area (Å²) in [6, 6.07) is 6.90. The second-order valence-electron chi connectivity index (χ2n) is 2.44. The van der Waals surface area contributed by atoms with Crippen molar-refractivity contribution in [1.82, 2.24) is 0 Å². The smallest absolute Gasteiger partial charge is 0.133 e. The van der Waals surface area contributed by atoms with E-state index in [4.69, 9.17) is 5.26 Å². The van der Waals surface area contributed by atoms with E-state index in [0.29, 0.717) is 11.1 Å². The number of nitriles is 1. The molecule has 60 valence electrons. The first kappa shape index (κ1) is 8.48. The molecule has 0 radical (unpaired) electrons. The number of halogens is 1. The van der Waals surface area contributed by atoms with Crippen LogP contribution in [0.25, 0.3) is 6.08 Å². The van der Waals surface area contributed by atoms with Gasteiger partial charge in [-0.05, 0) is 18.6 Å². The van der Waals surface area contributed by atoms with Gasteiger partial charge >= 0.3 is 0 Å². The van der Waals surface area contributed by atoms with Crippen LogP contribution in [-0.2, 0) is 0 Å². The van der Waals surface area contributed by atoms with E-state index in [9.17, 15) is 4.39 Å². The number of allylic oxidation sites excluding steroid dienone is 1. The van der Waals surface area contributed by atoms with Crippen LogP contribution in [0.5, 0.6) is 0 Å². The molecule has 0 N–H and O–H groups in total. The molecule has 0 fully saturated rings. The largest absolute Gasteiger partial charge is 0.206 e. The normalized spacial score (nSPS) is 10.1. The van der Waals surface area contributed by atoms with Gasteiger partial charge in [0.15, 0.2) is 0 Å². The standard InChI is InChI=1S/C10H8FN/c1-8-4-2-5-9(10(8)11)6-3-7-12/h2-6H,1H3. The highest BCUT2D eigenvalue weighted by Gasteiger charge is 1.99. The van der Waals surface area contributed by atoms with Crippen LogP contribution < -0.4 is 0 Å². The van der Waals surface area contributed by atoms with E-state index in [2.05, 4.69) is 0 Å². The number of rotatable bonds is 1. The van der Waals surface area contributed by atoms with E-state index in [1.165, 1.54) is 12.2 Å². The molecule has 0 atom stereocenters. The zero-order valence-electron chi connectivity index (χ0n) is 6.71. The predicted octanol–water partition coefficient (Wildman–Crippen LogP) is 2.67. The van der Waals surface area contributed by atoms with Crippen molar-refractivity contribution in [1.29, 1.82) is 5.26 Å². The summed E-state index contributed by atoms with van der Waals surface area (Å²) >= 11 is 0. The minimum absolute atomic E-state index is 0.260. The average molecular weight is 161 g/mol. The molecule has 0 spiro atoms. The molecule has 0 aliphatic carbocycles. The number of nitrogens with zero attached hydrogens (tertiary/aromatic N) is 1. The SMILES string of the molecule is Cc1cccc(C=CC#N)c1F. The molecule has 0 saturated carbocycles. The molecule has 0 heterocycles. The maximum atomic E-state index is 13.2. The van der Waals surface area contributed by atoms with Gasteiger partial charge in [-0.2, -0.15) is 5.26 Å². The lowest BCUT2D eigenvalue weighted by molar-refractivity contribution is 0.616. The molecule has 0 saturated heterocycles. The maximum absolute atomic E-state index is 13.2. The molecule has 1 nitrogen and oxygen atoms in total. The van der Waals surface area contributed by atoms with Gasteiger partial charge in [-0.1, -0.05) is 18.2 Å². The Morgan fingerprint density at radius 1 is 1.50 bits per heavy atom. The molecule has 12 heavy (non-hydrogen) atoms. The van der Waals surface area contributed by atoms with Gasteiger partial charge in [-0.3, -0.25) is 0 Å². The predicted molar refractivity (Wildman–Crippen MR) is 45.8 cm³/mol. The van der Waals surface area contributed by atoms with Crippen molar-refractivity contribution in [2.75, 3.05) is 0 Å². The molecular weight excluding hydrogens is 153 g/mol. The fourth-order valence-electron chi connectivity index (χ4n) is 0.926. The molecule has 1 rings (SSSR count). The fourth-order valence-corrected chi connectivity index (χ4v) is 0.926. The van der Waals surface area contributed by atoms with E-state index >= 15 is 0 Å². The van der Waals surface area contributed by atoms with Crippen LogP contribution in [0.4, 0.5) is 4.39 Å². The summed E-state index contributed by atoms with van der Waals surface area (Å²) in [5.41, 5.74) is 1.05. The third kappa shape index (κ3) is 1.70. The van der Waals surface area contributed by atoms with E-state index in [0.717, 1.165) is 0 Å². The minimum atomic E-state index is -0.260. The summed E-state index contributed by atoms with van der Waals surface area (Å²) in [5, 5.41) is 8.23. The van der Waals surface area contributed by atoms with Crippen molar-refractivity contribution in [2.45, 2.75) is 6.92 Å². The monoisotopic (exact) mass is 161 g/mol. The Kier molecular flexibility index (Phi) is 2.60. The molecule has 0 aliphatic heterocycles. The molecule has 0 amide bonds. The molecule has 1 aromatic carbocycles. The van der Waals surface area contributed by atoms with Gasteiger partial charge in [-0.15, -0.1) is 0 Å². The lowest BCUT2D eigenvalue weighted by Crippen LogP contribution is -1.85. The lowest BCUT2D eigenvalue weighted by atomic mass is 10.1. The summed E-state index contributed by atoms with van der Waals surface area (Å²) in [7, 11) is 0. The Morgan fingerprint density at radius 3 is 2.92 bits per heavy atom. The quantitative estimate of drug-likeness (QED) is 0.581. The summed E-state index contributed by atoms with van der Waals surface area (Å²) in [5.74, 6) is -0.260. The van der Waals surface area contributed by atoms with Crippen LogP contribution in [0.15, 0.2) is 24.3 Å². The Balaban J connectivity index is 3.10. The highest BCUT2D eigenvalue weighted by Crippen LogP contribution is 2.12. The van der Waals surface area contributed by atoms with Crippen molar-refractivity contribution < 1.29 is 4.39 Å². The third-order valence-corrected chi connectivity index (χ3v) is 1.56. The van der Waals surface area contributed by atoms with Gasteiger partial charge in [0.05, 0.1) is 6.07 Å². The summed E-state index contributed by atoms with van der Waals surface area (Å²) in [6.07, 6.45) is 2.72. The van der Waals surface area contributed by atoms with E-state index < -0.39 is 0 Å². The fraction of sp³-hybridized carbons (Fsp3) is 0.100. The topological polar surface area (TPSA) is 23.8 Å². The second-order valence-corrected chi connectivity index (χ2v) is 2.44. The molecule has 0 unspecified atom stereocenters. The first-order valence-corrected chi connectivity index (χ1v) is 3.57. The lowest BCUT2D eigenvalue weighted by Gasteiger charge is -1.98. The van der Waals surface area contributed by atoms with Gasteiger partial charge in [0.2, 0.25) is 0 Å². The van der Waals surface area contributed by atoms with Gasteiger partial charge < -0.3 is 0 Å².